The van der Waals surface area contributed by atoms with Crippen molar-refractivity contribution in [3.63, 3.8) is 0 Å². The monoisotopic (exact) mass is 392 g/mol. The van der Waals surface area contributed by atoms with Crippen LogP contribution >= 0.6 is 0 Å². The number of carbonyl (C=O) groups excluding carboxylic acids is 1. The van der Waals surface area contributed by atoms with Gasteiger partial charge >= 0.3 is 5.97 Å². The third-order valence-corrected chi connectivity index (χ3v) is 8.49. The lowest BCUT2D eigenvalue weighted by Gasteiger charge is -2.58. The van der Waals surface area contributed by atoms with Crippen molar-refractivity contribution in [1.29, 1.82) is 0 Å². The molecule has 0 aromatic heterocycles. The van der Waals surface area contributed by atoms with E-state index in [0.29, 0.717) is 31.0 Å². The van der Waals surface area contributed by atoms with Crippen molar-refractivity contribution in [2.24, 2.45) is 28.6 Å². The molecule has 0 amide bonds. The number of rotatable bonds is 5. The van der Waals surface area contributed by atoms with Gasteiger partial charge in [-0.3, -0.25) is 4.79 Å². The van der Waals surface area contributed by atoms with Crippen molar-refractivity contribution in [1.82, 2.24) is 0 Å². The topological polar surface area (TPSA) is 65.0 Å². The number of ether oxygens (including phenoxy) is 1. The zero-order valence-corrected chi connectivity index (χ0v) is 17.6. The van der Waals surface area contributed by atoms with Crippen LogP contribution in [-0.2, 0) is 19.3 Å². The summed E-state index contributed by atoms with van der Waals surface area (Å²) >= 11 is 0. The highest BCUT2D eigenvalue weighted by molar-refractivity contribution is 5.66. The smallest absolute Gasteiger partial charge is 0.302 e. The Bertz CT molecular complexity index is 630. The zero-order chi connectivity index (χ0) is 19.9. The molecule has 0 aromatic rings. The minimum Gasteiger partial charge on any atom is -0.462 e. The minimum atomic E-state index is -0.404. The number of carbonyl (C=O) groups is 1. The predicted molar refractivity (Wildman–Crippen MR) is 105 cm³/mol. The highest BCUT2D eigenvalue weighted by atomic mass is 17.2. The van der Waals surface area contributed by atoms with E-state index < -0.39 is 6.10 Å². The van der Waals surface area contributed by atoms with Crippen molar-refractivity contribution in [2.45, 2.75) is 84.3 Å². The molecule has 3 fully saturated rings. The molecule has 0 spiro atoms. The molecule has 0 unspecified atom stereocenters. The van der Waals surface area contributed by atoms with E-state index in [1.165, 1.54) is 31.8 Å². The molecule has 0 aromatic carbocycles. The van der Waals surface area contributed by atoms with Crippen LogP contribution in [0.2, 0.25) is 0 Å². The van der Waals surface area contributed by atoms with Gasteiger partial charge in [0.1, 0.15) is 6.10 Å². The number of aliphatic hydroxyl groups excluding tert-OH is 1. The van der Waals surface area contributed by atoms with E-state index in [9.17, 15) is 9.90 Å². The van der Waals surface area contributed by atoms with Crippen LogP contribution in [-0.4, -0.2) is 36.5 Å². The predicted octanol–water partition coefficient (Wildman–Crippen LogP) is 4.19. The van der Waals surface area contributed by atoms with Gasteiger partial charge in [-0.25, -0.2) is 9.78 Å². The van der Waals surface area contributed by atoms with Crippen molar-refractivity contribution >= 4 is 5.97 Å². The summed E-state index contributed by atoms with van der Waals surface area (Å²) in [7, 11) is 0. The minimum absolute atomic E-state index is 0.0330. The van der Waals surface area contributed by atoms with E-state index >= 15 is 0 Å². The fraction of sp³-hybridized carbons (Fsp3) is 0.870. The molecule has 4 rings (SSSR count). The highest BCUT2D eigenvalue weighted by Crippen LogP contribution is 2.65. The quantitative estimate of drug-likeness (QED) is 0.250. The summed E-state index contributed by atoms with van der Waals surface area (Å²) in [5.41, 5.74) is 1.60. The molecule has 0 aliphatic heterocycles. The number of aliphatic hydroxyl groups is 1. The molecule has 0 saturated heterocycles. The fourth-order valence-corrected chi connectivity index (χ4v) is 7.24. The number of hydrogen-bond acceptors (Lipinski definition) is 5. The van der Waals surface area contributed by atoms with Gasteiger partial charge in [-0.05, 0) is 68.6 Å². The average molecular weight is 393 g/mol. The summed E-state index contributed by atoms with van der Waals surface area (Å²) in [6.45, 7) is 7.06. The van der Waals surface area contributed by atoms with Gasteiger partial charge < -0.3 is 9.84 Å². The second kappa shape index (κ2) is 7.73. The fourth-order valence-electron chi connectivity index (χ4n) is 7.24. The lowest BCUT2D eigenvalue weighted by molar-refractivity contribution is -0.314. The van der Waals surface area contributed by atoms with Gasteiger partial charge in [0.05, 0.1) is 19.3 Å². The molecule has 1 N–H and O–H groups in total. The van der Waals surface area contributed by atoms with Gasteiger partial charge in [0.25, 0.3) is 0 Å². The van der Waals surface area contributed by atoms with E-state index in [1.54, 1.807) is 0 Å². The first-order valence-corrected chi connectivity index (χ1v) is 11.2. The van der Waals surface area contributed by atoms with Crippen molar-refractivity contribution in [3.8, 4) is 0 Å². The van der Waals surface area contributed by atoms with Crippen LogP contribution in [0.25, 0.3) is 0 Å². The van der Waals surface area contributed by atoms with Gasteiger partial charge in [-0.2, -0.15) is 0 Å². The lowest BCUT2D eigenvalue weighted by atomic mass is 9.47. The summed E-state index contributed by atoms with van der Waals surface area (Å²) in [4.78, 5) is 22.2. The largest absolute Gasteiger partial charge is 0.462 e. The van der Waals surface area contributed by atoms with E-state index in [-0.39, 0.29) is 22.9 Å². The Balaban J connectivity index is 1.57. The number of hydrogen-bond donors (Lipinski definition) is 1. The summed E-state index contributed by atoms with van der Waals surface area (Å²) in [5, 5.41) is 11.2. The van der Waals surface area contributed by atoms with Crippen LogP contribution in [0.3, 0.4) is 0 Å². The van der Waals surface area contributed by atoms with Crippen LogP contribution in [0.4, 0.5) is 0 Å². The zero-order valence-electron chi connectivity index (χ0n) is 17.6. The molecule has 4 aliphatic carbocycles. The first-order chi connectivity index (χ1) is 13.4. The second-order valence-electron chi connectivity index (χ2n) is 9.83. The molecule has 7 atom stereocenters. The maximum Gasteiger partial charge on any atom is 0.302 e. The van der Waals surface area contributed by atoms with E-state index in [4.69, 9.17) is 14.5 Å². The third kappa shape index (κ3) is 3.33. The van der Waals surface area contributed by atoms with Crippen LogP contribution in [0.15, 0.2) is 11.6 Å². The lowest BCUT2D eigenvalue weighted by Crippen LogP contribution is -2.55. The Hall–Kier alpha value is -0.910. The molecule has 5 nitrogen and oxygen atoms in total. The normalized spacial score (nSPS) is 44.9. The summed E-state index contributed by atoms with van der Waals surface area (Å²) in [6.07, 6.45) is 10.3. The first-order valence-electron chi connectivity index (χ1n) is 11.2. The molecule has 0 heterocycles. The Labute approximate surface area is 168 Å². The Morgan fingerprint density at radius 1 is 1.18 bits per heavy atom. The van der Waals surface area contributed by atoms with E-state index in [2.05, 4.69) is 13.0 Å². The molecular weight excluding hydrogens is 356 g/mol. The maximum atomic E-state index is 11.4. The summed E-state index contributed by atoms with van der Waals surface area (Å²) in [6, 6.07) is 0. The standard InChI is InChI=1S/C23H36O5/c1-4-26-27-14-23-9-5-6-19(23)21-18(8-11-23)22(3)10-7-17(28-15(2)24)12-16(22)13-20(21)25/h13,17-21,25H,4-12,14H2,1-3H3/t17-,18+,19+,20+,21-,22+,23+/m1/s1. The maximum absolute atomic E-state index is 11.4. The van der Waals surface area contributed by atoms with Crippen LogP contribution < -0.4 is 0 Å². The molecule has 5 heteroatoms. The van der Waals surface area contributed by atoms with Crippen LogP contribution in [0.5, 0.6) is 0 Å². The molecule has 158 valence electrons. The van der Waals surface area contributed by atoms with Gasteiger partial charge in [-0.15, -0.1) is 0 Å². The van der Waals surface area contributed by atoms with Gasteiger partial charge in [-0.1, -0.05) is 25.0 Å². The molecule has 28 heavy (non-hydrogen) atoms. The summed E-state index contributed by atoms with van der Waals surface area (Å²) < 4.78 is 5.50. The van der Waals surface area contributed by atoms with Gasteiger partial charge in [0.15, 0.2) is 0 Å². The second-order valence-corrected chi connectivity index (χ2v) is 9.83. The van der Waals surface area contributed by atoms with E-state index in [0.717, 1.165) is 32.1 Å². The molecular formula is C23H36O5. The van der Waals surface area contributed by atoms with Crippen LogP contribution in [0, 0.1) is 28.6 Å². The Morgan fingerprint density at radius 3 is 2.75 bits per heavy atom. The Kier molecular flexibility index (Phi) is 5.62. The third-order valence-electron chi connectivity index (χ3n) is 8.49. The van der Waals surface area contributed by atoms with Gasteiger partial charge in [0.2, 0.25) is 0 Å². The van der Waals surface area contributed by atoms with Gasteiger partial charge in [0, 0.05) is 18.8 Å². The number of fused-ring (bicyclic) bond motifs is 5. The van der Waals surface area contributed by atoms with Crippen molar-refractivity contribution < 1.29 is 24.4 Å². The highest BCUT2D eigenvalue weighted by Gasteiger charge is 2.59. The first kappa shape index (κ1) is 20.4. The SMILES string of the molecule is CCOOC[C@@]12CCC[C@H]1[C@@H]1[C@@H](O)C=C3C[C@H](OC(C)=O)CC[C@]3(C)[C@H]1CC2. The molecule has 4 aliphatic rings. The molecule has 0 radical (unpaired) electrons. The Morgan fingerprint density at radius 2 is 2.00 bits per heavy atom. The average Bonchev–Trinajstić information content (AvgIpc) is 3.07. The summed E-state index contributed by atoms with van der Waals surface area (Å²) in [5.74, 6) is 1.11. The molecule has 0 bridgehead atoms. The van der Waals surface area contributed by atoms with Crippen molar-refractivity contribution in [2.75, 3.05) is 13.2 Å². The van der Waals surface area contributed by atoms with Crippen molar-refractivity contribution in [3.05, 3.63) is 11.6 Å². The van der Waals surface area contributed by atoms with E-state index in [1.807, 2.05) is 6.92 Å². The van der Waals surface area contributed by atoms with Crippen LogP contribution in [0.1, 0.15) is 72.1 Å². The molecule has 3 saturated carbocycles. The number of esters is 1.